The van der Waals surface area contributed by atoms with E-state index in [0.717, 1.165) is 24.2 Å². The lowest BCUT2D eigenvalue weighted by molar-refractivity contribution is 0.201. The second-order valence-electron chi connectivity index (χ2n) is 4.96. The van der Waals surface area contributed by atoms with Crippen molar-refractivity contribution in [2.45, 2.75) is 32.2 Å². The maximum atomic E-state index is 10.0. The lowest BCUT2D eigenvalue weighted by Crippen LogP contribution is -2.40. The van der Waals surface area contributed by atoms with Gasteiger partial charge in [-0.2, -0.15) is 0 Å². The third-order valence-electron chi connectivity index (χ3n) is 3.50. The van der Waals surface area contributed by atoms with Crippen LogP contribution in [0.15, 0.2) is 18.2 Å². The molecule has 0 radical (unpaired) electrons. The minimum atomic E-state index is -0.139. The van der Waals surface area contributed by atoms with Crippen LogP contribution in [-0.2, 0) is 0 Å². The van der Waals surface area contributed by atoms with Gasteiger partial charge in [-0.25, -0.2) is 0 Å². The maximum Gasteiger partial charge on any atom is 0.120 e. The predicted octanol–water partition coefficient (Wildman–Crippen LogP) is 2.51. The standard InChI is InChI=1S/C14H20N2OS/c1-10-5-6-12(17)11(9-10)13(14(15)18)16-7-3-2-4-8-16/h5-6,9,13,17H,2-4,7-8H2,1H3,(H2,15,18). The van der Waals surface area contributed by atoms with Crippen LogP contribution >= 0.6 is 12.2 Å². The molecule has 1 heterocycles. The zero-order chi connectivity index (χ0) is 13.1. The van der Waals surface area contributed by atoms with Gasteiger partial charge in [0.1, 0.15) is 5.75 Å². The van der Waals surface area contributed by atoms with Crippen molar-refractivity contribution in [1.82, 2.24) is 4.90 Å². The summed E-state index contributed by atoms with van der Waals surface area (Å²) < 4.78 is 0. The number of hydrogen-bond acceptors (Lipinski definition) is 3. The van der Waals surface area contributed by atoms with E-state index in [0.29, 0.717) is 4.99 Å². The fraction of sp³-hybridized carbons (Fsp3) is 0.500. The first-order chi connectivity index (χ1) is 8.59. The van der Waals surface area contributed by atoms with Gasteiger partial charge in [-0.05, 0) is 38.9 Å². The minimum absolute atomic E-state index is 0.139. The highest BCUT2D eigenvalue weighted by atomic mass is 32.1. The Morgan fingerprint density at radius 1 is 1.33 bits per heavy atom. The Morgan fingerprint density at radius 3 is 2.61 bits per heavy atom. The van der Waals surface area contributed by atoms with E-state index >= 15 is 0 Å². The number of nitrogens with two attached hydrogens (primary N) is 1. The molecule has 1 aromatic rings. The summed E-state index contributed by atoms with van der Waals surface area (Å²) in [5.41, 5.74) is 7.85. The fourth-order valence-corrected chi connectivity index (χ4v) is 2.88. The smallest absolute Gasteiger partial charge is 0.120 e. The largest absolute Gasteiger partial charge is 0.508 e. The van der Waals surface area contributed by atoms with Crippen LogP contribution in [0, 0.1) is 6.92 Å². The molecule has 0 aliphatic carbocycles. The zero-order valence-electron chi connectivity index (χ0n) is 10.7. The van der Waals surface area contributed by atoms with E-state index in [-0.39, 0.29) is 11.8 Å². The van der Waals surface area contributed by atoms with E-state index in [1.165, 1.54) is 19.3 Å². The number of phenolic OH excluding ortho intramolecular Hbond substituents is 1. The Hall–Kier alpha value is -1.13. The van der Waals surface area contributed by atoms with E-state index in [9.17, 15) is 5.11 Å². The normalized spacial score (nSPS) is 18.5. The summed E-state index contributed by atoms with van der Waals surface area (Å²) in [6.45, 7) is 4.00. The Morgan fingerprint density at radius 2 is 2.00 bits per heavy atom. The molecule has 0 amide bonds. The van der Waals surface area contributed by atoms with Gasteiger partial charge in [-0.15, -0.1) is 0 Å². The number of rotatable bonds is 3. The van der Waals surface area contributed by atoms with Gasteiger partial charge in [0.05, 0.1) is 11.0 Å². The Labute approximate surface area is 114 Å². The highest BCUT2D eigenvalue weighted by molar-refractivity contribution is 7.80. The number of benzene rings is 1. The molecule has 4 heteroatoms. The summed E-state index contributed by atoms with van der Waals surface area (Å²) in [5, 5.41) is 10.0. The van der Waals surface area contributed by atoms with Gasteiger partial charge in [0.2, 0.25) is 0 Å². The number of nitrogens with zero attached hydrogens (tertiary/aromatic N) is 1. The van der Waals surface area contributed by atoms with Gasteiger partial charge >= 0.3 is 0 Å². The van der Waals surface area contributed by atoms with Gasteiger partial charge < -0.3 is 10.8 Å². The number of aryl methyl sites for hydroxylation is 1. The SMILES string of the molecule is Cc1ccc(O)c(C(C(N)=S)N2CCCCC2)c1. The van der Waals surface area contributed by atoms with Crippen molar-refractivity contribution in [3.8, 4) is 5.75 Å². The second kappa shape index (κ2) is 5.67. The van der Waals surface area contributed by atoms with Crippen LogP contribution in [0.25, 0.3) is 0 Å². The summed E-state index contributed by atoms with van der Waals surface area (Å²) >= 11 is 5.21. The van der Waals surface area contributed by atoms with Crippen LogP contribution in [0.4, 0.5) is 0 Å². The molecule has 3 nitrogen and oxygen atoms in total. The van der Waals surface area contributed by atoms with E-state index in [4.69, 9.17) is 18.0 Å². The molecule has 1 aromatic carbocycles. The Kier molecular flexibility index (Phi) is 4.19. The maximum absolute atomic E-state index is 10.0. The summed E-state index contributed by atoms with van der Waals surface area (Å²) in [6, 6.07) is 5.46. The van der Waals surface area contributed by atoms with Crippen LogP contribution in [0.5, 0.6) is 5.75 Å². The van der Waals surface area contributed by atoms with Crippen molar-refractivity contribution in [1.29, 1.82) is 0 Å². The topological polar surface area (TPSA) is 49.5 Å². The molecule has 98 valence electrons. The molecule has 1 atom stereocenters. The number of thiocarbonyl (C=S) groups is 1. The Balaban J connectivity index is 2.34. The van der Waals surface area contributed by atoms with E-state index < -0.39 is 0 Å². The lowest BCUT2D eigenvalue weighted by atomic mass is 9.99. The van der Waals surface area contributed by atoms with E-state index in [2.05, 4.69) is 4.90 Å². The highest BCUT2D eigenvalue weighted by Crippen LogP contribution is 2.31. The van der Waals surface area contributed by atoms with Gasteiger partial charge in [0.25, 0.3) is 0 Å². The molecule has 1 fully saturated rings. The first-order valence-corrected chi connectivity index (χ1v) is 6.83. The van der Waals surface area contributed by atoms with Crippen LogP contribution in [0.2, 0.25) is 0 Å². The van der Waals surface area contributed by atoms with Gasteiger partial charge in [0.15, 0.2) is 0 Å². The average molecular weight is 264 g/mol. The van der Waals surface area contributed by atoms with Crippen LogP contribution in [-0.4, -0.2) is 28.1 Å². The molecule has 3 N–H and O–H groups in total. The summed E-state index contributed by atoms with van der Waals surface area (Å²) in [4.78, 5) is 2.72. The van der Waals surface area contributed by atoms with Crippen LogP contribution in [0.3, 0.4) is 0 Å². The summed E-state index contributed by atoms with van der Waals surface area (Å²) in [5.74, 6) is 0.281. The first-order valence-electron chi connectivity index (χ1n) is 6.42. The quantitative estimate of drug-likeness (QED) is 0.824. The number of piperidine rings is 1. The number of hydrogen-bond donors (Lipinski definition) is 2. The molecule has 0 bridgehead atoms. The molecule has 1 aliphatic rings. The molecule has 18 heavy (non-hydrogen) atoms. The second-order valence-corrected chi connectivity index (χ2v) is 5.44. The molecule has 0 spiro atoms. The van der Waals surface area contributed by atoms with Crippen LogP contribution < -0.4 is 5.73 Å². The third kappa shape index (κ3) is 2.82. The minimum Gasteiger partial charge on any atom is -0.508 e. The highest BCUT2D eigenvalue weighted by Gasteiger charge is 2.26. The number of aromatic hydroxyl groups is 1. The number of phenols is 1. The van der Waals surface area contributed by atoms with Crippen LogP contribution in [0.1, 0.15) is 36.4 Å². The van der Waals surface area contributed by atoms with Crippen molar-refractivity contribution >= 4 is 17.2 Å². The predicted molar refractivity (Wildman–Crippen MR) is 77.8 cm³/mol. The average Bonchev–Trinajstić information content (AvgIpc) is 2.35. The van der Waals surface area contributed by atoms with Gasteiger partial charge in [0, 0.05) is 5.56 Å². The molecular formula is C14H20N2OS. The summed E-state index contributed by atoms with van der Waals surface area (Å²) in [7, 11) is 0. The third-order valence-corrected chi connectivity index (χ3v) is 3.73. The molecule has 1 saturated heterocycles. The van der Waals surface area contributed by atoms with Crippen molar-refractivity contribution in [2.75, 3.05) is 13.1 Å². The zero-order valence-corrected chi connectivity index (χ0v) is 11.5. The molecule has 1 aliphatic heterocycles. The summed E-state index contributed by atoms with van der Waals surface area (Å²) in [6.07, 6.45) is 3.61. The number of likely N-dealkylation sites (tertiary alicyclic amines) is 1. The van der Waals surface area contributed by atoms with Crippen molar-refractivity contribution < 1.29 is 5.11 Å². The molecule has 2 rings (SSSR count). The monoisotopic (exact) mass is 264 g/mol. The molecule has 1 unspecified atom stereocenters. The van der Waals surface area contributed by atoms with Crippen molar-refractivity contribution in [3.05, 3.63) is 29.3 Å². The molecule has 0 saturated carbocycles. The lowest BCUT2D eigenvalue weighted by Gasteiger charge is -2.34. The van der Waals surface area contributed by atoms with E-state index in [1.54, 1.807) is 6.07 Å². The fourth-order valence-electron chi connectivity index (χ4n) is 2.60. The van der Waals surface area contributed by atoms with Crippen molar-refractivity contribution in [2.24, 2.45) is 5.73 Å². The van der Waals surface area contributed by atoms with Crippen molar-refractivity contribution in [3.63, 3.8) is 0 Å². The molecular weight excluding hydrogens is 244 g/mol. The van der Waals surface area contributed by atoms with Gasteiger partial charge in [-0.3, -0.25) is 4.90 Å². The first kappa shape index (κ1) is 13.3. The molecule has 0 aromatic heterocycles. The van der Waals surface area contributed by atoms with E-state index in [1.807, 2.05) is 19.1 Å². The van der Waals surface area contributed by atoms with Gasteiger partial charge in [-0.1, -0.05) is 36.3 Å². The Bertz CT molecular complexity index is 441.